The molecule has 2 aromatic carbocycles. The predicted molar refractivity (Wildman–Crippen MR) is 96.9 cm³/mol. The Bertz CT molecular complexity index is 1070. The first kappa shape index (κ1) is 24.0. The molecule has 0 radical (unpaired) electrons. The molecule has 156 valence electrons. The highest BCUT2D eigenvalue weighted by atomic mass is 35.5. The molecular formula is C16H12ClF3N2O6S. The second-order valence-corrected chi connectivity index (χ2v) is 6.10. The van der Waals surface area contributed by atoms with Crippen molar-refractivity contribution in [2.75, 3.05) is 0 Å². The second kappa shape index (κ2) is 9.98. The Hall–Kier alpha value is -2.99. The molecule has 0 spiro atoms. The van der Waals surface area contributed by atoms with Crippen molar-refractivity contribution in [2.45, 2.75) is 20.0 Å². The topological polar surface area (TPSA) is 116 Å². The highest BCUT2D eigenvalue weighted by Crippen LogP contribution is 2.35. The van der Waals surface area contributed by atoms with Gasteiger partial charge >= 0.3 is 10.5 Å². The summed E-state index contributed by atoms with van der Waals surface area (Å²) < 4.78 is 67.3. The average molecular weight is 453 g/mol. The van der Waals surface area contributed by atoms with Crippen molar-refractivity contribution in [2.24, 2.45) is 4.36 Å². The van der Waals surface area contributed by atoms with Crippen molar-refractivity contribution < 1.29 is 36.0 Å². The Balaban J connectivity index is 0.00000420. The molecule has 0 aromatic heterocycles. The minimum absolute atomic E-state index is 0. The van der Waals surface area contributed by atoms with Crippen LogP contribution in [0.25, 0.3) is 0 Å². The summed E-state index contributed by atoms with van der Waals surface area (Å²) in [7, 11) is -3.13. The number of rotatable bonds is 6. The smallest absolute Gasteiger partial charge is 0.319 e. The molecular weight excluding hydrogens is 441 g/mol. The Morgan fingerprint density at radius 3 is 2.34 bits per heavy atom. The largest absolute Gasteiger partial charge is 0.456 e. The first-order chi connectivity index (χ1) is 13.1. The fourth-order valence-corrected chi connectivity index (χ4v) is 2.53. The molecule has 29 heavy (non-hydrogen) atoms. The number of nitro groups is 1. The van der Waals surface area contributed by atoms with Gasteiger partial charge in [0.25, 0.3) is 18.0 Å². The minimum atomic E-state index is -3.25. The van der Waals surface area contributed by atoms with Gasteiger partial charge in [-0.15, -0.1) is 0 Å². The van der Waals surface area contributed by atoms with Gasteiger partial charge in [-0.25, -0.2) is 13.2 Å². The van der Waals surface area contributed by atoms with Gasteiger partial charge in [0.05, 0.1) is 9.95 Å². The lowest BCUT2D eigenvalue weighted by Gasteiger charge is -2.12. The molecule has 0 saturated carbocycles. The Labute approximate surface area is 168 Å². The summed E-state index contributed by atoms with van der Waals surface area (Å²) in [4.78, 5) is 21.8. The van der Waals surface area contributed by atoms with Crippen LogP contribution in [0.2, 0.25) is 5.02 Å². The fraction of sp³-hybridized carbons (Fsp3) is 0.188. The van der Waals surface area contributed by atoms with Crippen molar-refractivity contribution >= 4 is 33.7 Å². The summed E-state index contributed by atoms with van der Waals surface area (Å²) in [5.41, 5.74) is -1.77. The molecule has 8 nitrogen and oxygen atoms in total. The Morgan fingerprint density at radius 1 is 1.17 bits per heavy atom. The highest BCUT2D eigenvalue weighted by molar-refractivity contribution is 7.62. The number of amides is 1. The molecule has 0 bridgehead atoms. The zero-order valence-electron chi connectivity index (χ0n) is 13.4. The van der Waals surface area contributed by atoms with Crippen LogP contribution in [0.4, 0.5) is 18.9 Å². The molecule has 2 rings (SSSR count). The maximum Gasteiger partial charge on any atom is 0.319 e. The lowest BCUT2D eigenvalue weighted by Crippen LogP contribution is -2.03. The molecule has 0 aliphatic heterocycles. The van der Waals surface area contributed by atoms with E-state index in [1.807, 2.05) is 0 Å². The van der Waals surface area contributed by atoms with Crippen molar-refractivity contribution in [3.05, 3.63) is 62.7 Å². The van der Waals surface area contributed by atoms with E-state index >= 15 is 0 Å². The molecule has 0 aliphatic carbocycles. The zero-order valence-corrected chi connectivity index (χ0v) is 15.0. The van der Waals surface area contributed by atoms with Crippen LogP contribution in [-0.4, -0.2) is 25.7 Å². The predicted octanol–water partition coefficient (Wildman–Crippen LogP) is 5.16. The Morgan fingerprint density at radius 2 is 1.83 bits per heavy atom. The molecule has 0 fully saturated rings. The zero-order chi connectivity index (χ0) is 21.0. The normalized spacial score (nSPS) is 11.3. The highest BCUT2D eigenvalue weighted by Gasteiger charge is 2.24. The number of benzene rings is 2. The van der Waals surface area contributed by atoms with Gasteiger partial charge in [0.2, 0.25) is 0 Å². The summed E-state index contributed by atoms with van der Waals surface area (Å²) in [6, 6.07) is 5.84. The van der Waals surface area contributed by atoms with Gasteiger partial charge in [0.15, 0.2) is 6.17 Å². The van der Waals surface area contributed by atoms with Crippen LogP contribution in [0.5, 0.6) is 11.5 Å². The molecule has 1 atom stereocenters. The van der Waals surface area contributed by atoms with Crippen molar-refractivity contribution in [1.29, 1.82) is 0 Å². The van der Waals surface area contributed by atoms with E-state index < -0.39 is 45.2 Å². The van der Waals surface area contributed by atoms with Gasteiger partial charge < -0.3 is 4.74 Å². The maximum atomic E-state index is 13.4. The third-order valence-corrected chi connectivity index (χ3v) is 3.89. The molecule has 1 unspecified atom stereocenters. The SMILES string of the molecule is C.O=C(N=S(=O)=O)c1cc(Oc2ccc(C(F)C(F)F)cc2Cl)ccc1[N+](=O)[O-]. The van der Waals surface area contributed by atoms with Crippen molar-refractivity contribution in [3.8, 4) is 11.5 Å². The number of halogens is 4. The number of ether oxygens (including phenoxy) is 1. The van der Waals surface area contributed by atoms with E-state index in [4.69, 9.17) is 16.3 Å². The summed E-state index contributed by atoms with van der Waals surface area (Å²) in [5, 5.41) is 10.8. The summed E-state index contributed by atoms with van der Waals surface area (Å²) in [5.74, 6) is -1.69. The van der Waals surface area contributed by atoms with Gasteiger partial charge in [0, 0.05) is 12.1 Å². The molecule has 0 heterocycles. The number of alkyl halides is 3. The minimum Gasteiger partial charge on any atom is -0.456 e. The van der Waals surface area contributed by atoms with E-state index in [0.29, 0.717) is 0 Å². The van der Waals surface area contributed by atoms with Crippen LogP contribution in [0.3, 0.4) is 0 Å². The van der Waals surface area contributed by atoms with E-state index in [1.165, 1.54) is 0 Å². The third-order valence-electron chi connectivity index (χ3n) is 3.28. The molecule has 2 aromatic rings. The standard InChI is InChI=1S/C15H8ClF3N2O6S.CH4/c16-10-5-7(13(17)14(18)19)1-4-12(10)27-8-2-3-11(21(23)24)9(6-8)15(22)20-28(25)26;/h1-6,13-14H;1H4. The Kier molecular flexibility index (Phi) is 8.28. The lowest BCUT2D eigenvalue weighted by atomic mass is 10.1. The molecule has 13 heteroatoms. The molecule has 0 saturated heterocycles. The lowest BCUT2D eigenvalue weighted by molar-refractivity contribution is -0.385. The first-order valence-electron chi connectivity index (χ1n) is 7.13. The quantitative estimate of drug-likeness (QED) is 0.441. The summed E-state index contributed by atoms with van der Waals surface area (Å²) in [6.07, 6.45) is -5.80. The molecule has 0 N–H and O–H groups in total. The van der Waals surface area contributed by atoms with Gasteiger partial charge in [-0.3, -0.25) is 14.9 Å². The van der Waals surface area contributed by atoms with E-state index in [-0.39, 0.29) is 29.5 Å². The van der Waals surface area contributed by atoms with Gasteiger partial charge in [-0.05, 0) is 23.8 Å². The van der Waals surface area contributed by atoms with Gasteiger partial charge in [0.1, 0.15) is 17.1 Å². The van der Waals surface area contributed by atoms with Crippen LogP contribution < -0.4 is 4.74 Å². The van der Waals surface area contributed by atoms with Crippen LogP contribution >= 0.6 is 11.6 Å². The monoisotopic (exact) mass is 452 g/mol. The number of nitro benzene ring substituents is 1. The van der Waals surface area contributed by atoms with Crippen LogP contribution in [0.15, 0.2) is 40.8 Å². The maximum absolute atomic E-state index is 13.4. The average Bonchev–Trinajstić information content (AvgIpc) is 2.61. The summed E-state index contributed by atoms with van der Waals surface area (Å²) in [6.45, 7) is 0. The van der Waals surface area contributed by atoms with E-state index in [2.05, 4.69) is 4.36 Å². The van der Waals surface area contributed by atoms with Crippen molar-refractivity contribution in [3.63, 3.8) is 0 Å². The van der Waals surface area contributed by atoms with E-state index in [9.17, 15) is 36.5 Å². The van der Waals surface area contributed by atoms with Gasteiger partial charge in [-0.1, -0.05) is 29.5 Å². The van der Waals surface area contributed by atoms with Crippen molar-refractivity contribution in [1.82, 2.24) is 0 Å². The third kappa shape index (κ3) is 5.99. The van der Waals surface area contributed by atoms with E-state index in [1.54, 1.807) is 0 Å². The molecule has 0 aliphatic rings. The second-order valence-electron chi connectivity index (χ2n) is 5.08. The van der Waals surface area contributed by atoms with Crippen LogP contribution in [0.1, 0.15) is 29.5 Å². The van der Waals surface area contributed by atoms with Crippen LogP contribution in [0, 0.1) is 10.1 Å². The number of carbonyl (C=O) groups is 1. The van der Waals surface area contributed by atoms with Crippen LogP contribution in [-0.2, 0) is 10.5 Å². The number of carbonyl (C=O) groups excluding carboxylic acids is 1. The van der Waals surface area contributed by atoms with Gasteiger partial charge in [-0.2, -0.15) is 8.42 Å². The fourth-order valence-electron chi connectivity index (χ4n) is 2.07. The first-order valence-corrected chi connectivity index (χ1v) is 8.54. The number of hydrogen-bond acceptors (Lipinski definition) is 6. The van der Waals surface area contributed by atoms with E-state index in [0.717, 1.165) is 36.4 Å². The summed E-state index contributed by atoms with van der Waals surface area (Å²) >= 11 is 5.87. The number of nitrogens with zero attached hydrogens (tertiary/aromatic N) is 2. The molecule has 1 amide bonds. The number of hydrogen-bond donors (Lipinski definition) is 0.